The Morgan fingerprint density at radius 2 is 1.56 bits per heavy atom. The highest BCUT2D eigenvalue weighted by molar-refractivity contribution is 14.0. The lowest BCUT2D eigenvalue weighted by molar-refractivity contribution is 0.139. The third kappa shape index (κ3) is 11.5. The van der Waals surface area contributed by atoms with E-state index >= 15 is 0 Å². The van der Waals surface area contributed by atoms with Crippen LogP contribution in [-0.2, 0) is 0 Å². The molecule has 7 heteroatoms. The normalized spacial score (nSPS) is 16.9. The van der Waals surface area contributed by atoms with Crippen LogP contribution in [0.2, 0.25) is 0 Å². The number of hydrogen-bond acceptors (Lipinski definition) is 4. The van der Waals surface area contributed by atoms with Gasteiger partial charge >= 0.3 is 0 Å². The number of likely N-dealkylation sites (N-methyl/N-ethyl adjacent to an activating group) is 1. The zero-order chi connectivity index (χ0) is 19.4. The molecule has 6 nitrogen and oxygen atoms in total. The van der Waals surface area contributed by atoms with Gasteiger partial charge in [0.2, 0.25) is 0 Å². The molecule has 1 heterocycles. The SMILES string of the molecule is CCNC(=NCCCN(C(C)C)C(C)C)NCCN1CCN(CC)CC1.I. The molecule has 0 bridgehead atoms. The van der Waals surface area contributed by atoms with Gasteiger partial charge < -0.3 is 15.5 Å². The van der Waals surface area contributed by atoms with Gasteiger partial charge in [-0.3, -0.25) is 14.8 Å². The summed E-state index contributed by atoms with van der Waals surface area (Å²) in [5.74, 6) is 0.959. The molecule has 0 aromatic heterocycles. The van der Waals surface area contributed by atoms with Crippen molar-refractivity contribution < 1.29 is 0 Å². The van der Waals surface area contributed by atoms with E-state index in [2.05, 4.69) is 66.9 Å². The van der Waals surface area contributed by atoms with Crippen LogP contribution in [0.1, 0.15) is 48.0 Å². The fraction of sp³-hybridized carbons (Fsp3) is 0.950. The highest BCUT2D eigenvalue weighted by Gasteiger charge is 2.15. The van der Waals surface area contributed by atoms with Gasteiger partial charge in [0.05, 0.1) is 0 Å². The summed E-state index contributed by atoms with van der Waals surface area (Å²) < 4.78 is 0. The van der Waals surface area contributed by atoms with Crippen molar-refractivity contribution in [3.63, 3.8) is 0 Å². The molecular weight excluding hydrogens is 451 g/mol. The molecule has 0 amide bonds. The molecule has 1 aliphatic heterocycles. The largest absolute Gasteiger partial charge is 0.357 e. The highest BCUT2D eigenvalue weighted by Crippen LogP contribution is 2.05. The molecule has 0 saturated carbocycles. The van der Waals surface area contributed by atoms with Crippen molar-refractivity contribution in [1.29, 1.82) is 0 Å². The van der Waals surface area contributed by atoms with Crippen molar-refractivity contribution in [2.45, 2.75) is 60.0 Å². The summed E-state index contributed by atoms with van der Waals surface area (Å²) in [7, 11) is 0. The van der Waals surface area contributed by atoms with E-state index in [-0.39, 0.29) is 24.0 Å². The predicted molar refractivity (Wildman–Crippen MR) is 130 cm³/mol. The van der Waals surface area contributed by atoms with Crippen LogP contribution in [0.4, 0.5) is 0 Å². The van der Waals surface area contributed by atoms with Crippen LogP contribution in [-0.4, -0.2) is 98.2 Å². The average molecular weight is 497 g/mol. The summed E-state index contributed by atoms with van der Waals surface area (Å²) >= 11 is 0. The first-order valence-corrected chi connectivity index (χ1v) is 10.7. The van der Waals surface area contributed by atoms with E-state index < -0.39 is 0 Å². The predicted octanol–water partition coefficient (Wildman–Crippen LogP) is 2.31. The van der Waals surface area contributed by atoms with Gasteiger partial charge in [0.1, 0.15) is 0 Å². The second-order valence-corrected chi connectivity index (χ2v) is 7.74. The molecule has 0 aromatic carbocycles. The first-order chi connectivity index (χ1) is 12.5. The fourth-order valence-corrected chi connectivity index (χ4v) is 3.56. The van der Waals surface area contributed by atoms with Crippen LogP contribution in [0, 0.1) is 0 Å². The van der Waals surface area contributed by atoms with E-state index in [9.17, 15) is 0 Å². The summed E-state index contributed by atoms with van der Waals surface area (Å²) in [5.41, 5.74) is 0. The quantitative estimate of drug-likeness (QED) is 0.199. The Morgan fingerprint density at radius 3 is 2.07 bits per heavy atom. The van der Waals surface area contributed by atoms with Gasteiger partial charge in [0, 0.05) is 71.0 Å². The summed E-state index contributed by atoms with van der Waals surface area (Å²) in [5, 5.41) is 6.87. The highest BCUT2D eigenvalue weighted by atomic mass is 127. The van der Waals surface area contributed by atoms with Crippen molar-refractivity contribution in [2.75, 3.05) is 65.4 Å². The van der Waals surface area contributed by atoms with Crippen molar-refractivity contribution in [1.82, 2.24) is 25.3 Å². The van der Waals surface area contributed by atoms with Crippen LogP contribution in [0.5, 0.6) is 0 Å². The number of nitrogens with one attached hydrogen (secondary N) is 2. The van der Waals surface area contributed by atoms with E-state index in [4.69, 9.17) is 4.99 Å². The molecule has 1 saturated heterocycles. The molecule has 0 aliphatic carbocycles. The van der Waals surface area contributed by atoms with Gasteiger partial charge in [-0.1, -0.05) is 6.92 Å². The molecule has 162 valence electrons. The number of halogens is 1. The lowest BCUT2D eigenvalue weighted by atomic mass is 10.2. The minimum Gasteiger partial charge on any atom is -0.357 e. The molecule has 0 spiro atoms. The Morgan fingerprint density at radius 1 is 0.963 bits per heavy atom. The maximum Gasteiger partial charge on any atom is 0.191 e. The van der Waals surface area contributed by atoms with E-state index in [1.54, 1.807) is 0 Å². The Bertz CT molecular complexity index is 373. The molecule has 1 rings (SSSR count). The van der Waals surface area contributed by atoms with Gasteiger partial charge in [-0.25, -0.2) is 0 Å². The number of hydrogen-bond donors (Lipinski definition) is 2. The van der Waals surface area contributed by atoms with Crippen LogP contribution in [0.15, 0.2) is 4.99 Å². The maximum absolute atomic E-state index is 4.75. The number of guanidine groups is 1. The zero-order valence-electron chi connectivity index (χ0n) is 18.6. The average Bonchev–Trinajstić information content (AvgIpc) is 2.61. The van der Waals surface area contributed by atoms with Gasteiger partial charge in [-0.05, 0) is 47.6 Å². The lowest BCUT2D eigenvalue weighted by Gasteiger charge is -2.34. The van der Waals surface area contributed by atoms with Crippen LogP contribution < -0.4 is 10.6 Å². The Kier molecular flexibility index (Phi) is 15.7. The molecule has 0 unspecified atom stereocenters. The summed E-state index contributed by atoms with van der Waals surface area (Å²) in [6.45, 7) is 24.4. The third-order valence-electron chi connectivity index (χ3n) is 5.15. The molecule has 2 N–H and O–H groups in total. The van der Waals surface area contributed by atoms with Gasteiger partial charge in [-0.2, -0.15) is 0 Å². The molecule has 27 heavy (non-hydrogen) atoms. The first-order valence-electron chi connectivity index (χ1n) is 10.7. The van der Waals surface area contributed by atoms with Crippen molar-refractivity contribution in [3.8, 4) is 0 Å². The van der Waals surface area contributed by atoms with Crippen molar-refractivity contribution >= 4 is 29.9 Å². The maximum atomic E-state index is 4.75. The van der Waals surface area contributed by atoms with Crippen LogP contribution >= 0.6 is 24.0 Å². The first kappa shape index (κ1) is 26.9. The number of rotatable bonds is 11. The monoisotopic (exact) mass is 496 g/mol. The van der Waals surface area contributed by atoms with E-state index in [1.807, 2.05) is 0 Å². The number of aliphatic imine (C=N–C) groups is 1. The third-order valence-corrected chi connectivity index (χ3v) is 5.15. The van der Waals surface area contributed by atoms with E-state index in [0.717, 1.165) is 45.1 Å². The van der Waals surface area contributed by atoms with Crippen LogP contribution in [0.3, 0.4) is 0 Å². The van der Waals surface area contributed by atoms with Crippen molar-refractivity contribution in [2.24, 2.45) is 4.99 Å². The summed E-state index contributed by atoms with van der Waals surface area (Å²) in [6, 6.07) is 1.19. The lowest BCUT2D eigenvalue weighted by Crippen LogP contribution is -2.49. The van der Waals surface area contributed by atoms with E-state index in [0.29, 0.717) is 12.1 Å². The Labute approximate surface area is 185 Å². The van der Waals surface area contributed by atoms with Gasteiger partial charge in [0.25, 0.3) is 0 Å². The zero-order valence-corrected chi connectivity index (χ0v) is 21.0. The minimum atomic E-state index is 0. The summed E-state index contributed by atoms with van der Waals surface area (Å²) in [6.07, 6.45) is 1.10. The van der Waals surface area contributed by atoms with E-state index in [1.165, 1.54) is 32.7 Å². The Hall–Kier alpha value is -0.120. The second-order valence-electron chi connectivity index (χ2n) is 7.74. The molecule has 0 radical (unpaired) electrons. The summed E-state index contributed by atoms with van der Waals surface area (Å²) in [4.78, 5) is 12.4. The molecule has 0 atom stereocenters. The fourth-order valence-electron chi connectivity index (χ4n) is 3.56. The topological polar surface area (TPSA) is 46.1 Å². The van der Waals surface area contributed by atoms with Crippen molar-refractivity contribution in [3.05, 3.63) is 0 Å². The number of nitrogens with zero attached hydrogens (tertiary/aromatic N) is 4. The molecular formula is C20H45IN6. The molecule has 0 aromatic rings. The minimum absolute atomic E-state index is 0. The number of piperazine rings is 1. The second kappa shape index (κ2) is 15.8. The van der Waals surface area contributed by atoms with Gasteiger partial charge in [0.15, 0.2) is 5.96 Å². The smallest absolute Gasteiger partial charge is 0.191 e. The molecule has 1 fully saturated rings. The van der Waals surface area contributed by atoms with Gasteiger partial charge in [-0.15, -0.1) is 24.0 Å². The van der Waals surface area contributed by atoms with Crippen LogP contribution in [0.25, 0.3) is 0 Å². The Balaban J connectivity index is 0.00000676. The standard InChI is InChI=1S/C20H44N6.HI/c1-7-21-20(22-10-9-12-26(18(3)4)19(5)6)23-11-13-25-16-14-24(8-2)15-17-25;/h18-19H,7-17H2,1-6H3,(H2,21,22,23);1H. The molecule has 1 aliphatic rings.